The summed E-state index contributed by atoms with van der Waals surface area (Å²) in [7, 11) is 0. The summed E-state index contributed by atoms with van der Waals surface area (Å²) in [4.78, 5) is 24.9. The van der Waals surface area contributed by atoms with Crippen LogP contribution in [-0.4, -0.2) is 41.0 Å². The number of amides is 1. The molecule has 0 radical (unpaired) electrons. The van der Waals surface area contributed by atoms with E-state index in [2.05, 4.69) is 21.2 Å². The number of halogens is 1. The summed E-state index contributed by atoms with van der Waals surface area (Å²) in [5.41, 5.74) is 1.02. The number of likely N-dealkylation sites (tertiary alicyclic amines) is 1. The molecule has 0 spiro atoms. The minimum Gasteiger partial charge on any atom is -0.480 e. The third kappa shape index (κ3) is 4.28. The number of nitrogens with one attached hydrogen (secondary N) is 1. The molecule has 0 aromatic heterocycles. The summed E-state index contributed by atoms with van der Waals surface area (Å²) in [5.74, 6) is -0.986. The standard InChI is InChI=1S/C15H19BrN2O3/c1-10(11-4-6-12(16)7-5-11)17-14(19)9-18-8-2-3-13(18)15(20)21/h4-7,10,13H,2-3,8-9H2,1H3,(H,17,19)(H,20,21)/t10-,13+/m1/s1. The third-order valence-electron chi connectivity index (χ3n) is 3.74. The average Bonchev–Trinajstić information content (AvgIpc) is 2.87. The maximum Gasteiger partial charge on any atom is 0.320 e. The van der Waals surface area contributed by atoms with Crippen LogP contribution in [0, 0.1) is 0 Å². The Balaban J connectivity index is 1.89. The Bertz CT molecular complexity index is 518. The topological polar surface area (TPSA) is 69.6 Å². The van der Waals surface area contributed by atoms with Gasteiger partial charge in [-0.1, -0.05) is 28.1 Å². The highest BCUT2D eigenvalue weighted by Gasteiger charge is 2.31. The molecular formula is C15H19BrN2O3. The van der Waals surface area contributed by atoms with Crippen LogP contribution in [0.2, 0.25) is 0 Å². The van der Waals surface area contributed by atoms with Gasteiger partial charge in [-0.05, 0) is 44.0 Å². The van der Waals surface area contributed by atoms with E-state index in [1.54, 1.807) is 4.90 Å². The van der Waals surface area contributed by atoms with Crippen molar-refractivity contribution in [3.8, 4) is 0 Å². The molecule has 0 aliphatic carbocycles. The Morgan fingerprint density at radius 2 is 2.10 bits per heavy atom. The Morgan fingerprint density at radius 3 is 2.71 bits per heavy atom. The van der Waals surface area contributed by atoms with Crippen molar-refractivity contribution < 1.29 is 14.7 Å². The summed E-state index contributed by atoms with van der Waals surface area (Å²) in [6, 6.07) is 7.13. The molecule has 2 rings (SSSR count). The molecule has 1 aliphatic heterocycles. The molecule has 0 bridgehead atoms. The van der Waals surface area contributed by atoms with Crippen LogP contribution in [0.3, 0.4) is 0 Å². The fraction of sp³-hybridized carbons (Fsp3) is 0.467. The van der Waals surface area contributed by atoms with Crippen LogP contribution >= 0.6 is 15.9 Å². The fourth-order valence-corrected chi connectivity index (χ4v) is 2.87. The Morgan fingerprint density at radius 1 is 1.43 bits per heavy atom. The van der Waals surface area contributed by atoms with Crippen molar-refractivity contribution in [3.63, 3.8) is 0 Å². The molecule has 2 N–H and O–H groups in total. The van der Waals surface area contributed by atoms with Crippen molar-refractivity contribution >= 4 is 27.8 Å². The quantitative estimate of drug-likeness (QED) is 0.850. The van der Waals surface area contributed by atoms with Gasteiger partial charge in [0.05, 0.1) is 12.6 Å². The largest absolute Gasteiger partial charge is 0.480 e. The average molecular weight is 355 g/mol. The van der Waals surface area contributed by atoms with Crippen molar-refractivity contribution in [1.82, 2.24) is 10.2 Å². The number of hydrogen-bond acceptors (Lipinski definition) is 3. The minimum absolute atomic E-state index is 0.100. The molecule has 0 saturated carbocycles. The first-order valence-electron chi connectivity index (χ1n) is 6.99. The van der Waals surface area contributed by atoms with Gasteiger partial charge in [0.25, 0.3) is 0 Å². The number of rotatable bonds is 5. The van der Waals surface area contributed by atoms with Gasteiger partial charge in [-0.2, -0.15) is 0 Å². The lowest BCUT2D eigenvalue weighted by Crippen LogP contribution is -2.43. The summed E-state index contributed by atoms with van der Waals surface area (Å²) >= 11 is 3.37. The van der Waals surface area contributed by atoms with Gasteiger partial charge in [0.2, 0.25) is 5.91 Å². The third-order valence-corrected chi connectivity index (χ3v) is 4.27. The van der Waals surface area contributed by atoms with Crippen LogP contribution in [0.4, 0.5) is 0 Å². The molecule has 1 fully saturated rings. The lowest BCUT2D eigenvalue weighted by Gasteiger charge is -2.22. The first-order valence-corrected chi connectivity index (χ1v) is 7.78. The zero-order chi connectivity index (χ0) is 15.4. The van der Waals surface area contributed by atoms with Crippen molar-refractivity contribution in [2.75, 3.05) is 13.1 Å². The van der Waals surface area contributed by atoms with Crippen LogP contribution in [0.5, 0.6) is 0 Å². The molecule has 114 valence electrons. The molecule has 5 nitrogen and oxygen atoms in total. The van der Waals surface area contributed by atoms with E-state index in [1.165, 1.54) is 0 Å². The minimum atomic E-state index is -0.846. The maximum atomic E-state index is 12.1. The molecule has 1 amide bonds. The van der Waals surface area contributed by atoms with Crippen molar-refractivity contribution in [1.29, 1.82) is 0 Å². The maximum absolute atomic E-state index is 12.1. The van der Waals surface area contributed by atoms with Gasteiger partial charge in [-0.15, -0.1) is 0 Å². The highest BCUT2D eigenvalue weighted by molar-refractivity contribution is 9.10. The van der Waals surface area contributed by atoms with Crippen molar-refractivity contribution in [3.05, 3.63) is 34.3 Å². The molecule has 21 heavy (non-hydrogen) atoms. The Hall–Kier alpha value is -1.40. The molecule has 1 aromatic rings. The molecule has 0 unspecified atom stereocenters. The number of aliphatic carboxylic acids is 1. The first-order chi connectivity index (χ1) is 9.97. The second-order valence-corrected chi connectivity index (χ2v) is 6.22. The van der Waals surface area contributed by atoms with Crippen LogP contribution in [0.1, 0.15) is 31.4 Å². The van der Waals surface area contributed by atoms with Gasteiger partial charge < -0.3 is 10.4 Å². The summed E-state index contributed by atoms with van der Waals surface area (Å²) in [5, 5.41) is 12.0. The van der Waals surface area contributed by atoms with E-state index in [4.69, 9.17) is 5.11 Å². The molecule has 1 saturated heterocycles. The van der Waals surface area contributed by atoms with Crippen molar-refractivity contribution in [2.24, 2.45) is 0 Å². The number of carboxylic acids is 1. The molecule has 2 atom stereocenters. The molecular weight excluding hydrogens is 336 g/mol. The number of hydrogen-bond donors (Lipinski definition) is 2. The van der Waals surface area contributed by atoms with Gasteiger partial charge in [0.1, 0.15) is 6.04 Å². The van der Waals surface area contributed by atoms with Crippen LogP contribution in [0.15, 0.2) is 28.7 Å². The number of carboxylic acid groups (broad SMARTS) is 1. The zero-order valence-electron chi connectivity index (χ0n) is 11.9. The van der Waals surface area contributed by atoms with E-state index in [0.29, 0.717) is 13.0 Å². The molecule has 1 aromatic carbocycles. The lowest BCUT2D eigenvalue weighted by atomic mass is 10.1. The Labute approximate surface area is 132 Å². The monoisotopic (exact) mass is 354 g/mol. The second-order valence-electron chi connectivity index (χ2n) is 5.31. The second kappa shape index (κ2) is 7.04. The van der Waals surface area contributed by atoms with E-state index < -0.39 is 12.0 Å². The Kier molecular flexibility index (Phi) is 5.36. The number of carbonyl (C=O) groups excluding carboxylic acids is 1. The van der Waals surface area contributed by atoms with Crippen LogP contribution in [-0.2, 0) is 9.59 Å². The van der Waals surface area contributed by atoms with Gasteiger partial charge in [0.15, 0.2) is 0 Å². The predicted octanol–water partition coefficient (Wildman–Crippen LogP) is 2.18. The molecule has 1 aliphatic rings. The number of benzene rings is 1. The molecule has 1 heterocycles. The predicted molar refractivity (Wildman–Crippen MR) is 82.9 cm³/mol. The summed E-state index contributed by atoms with van der Waals surface area (Å²) in [6.45, 7) is 2.72. The summed E-state index contributed by atoms with van der Waals surface area (Å²) < 4.78 is 0.992. The highest BCUT2D eigenvalue weighted by Crippen LogP contribution is 2.18. The first kappa shape index (κ1) is 16.0. The fourth-order valence-electron chi connectivity index (χ4n) is 2.60. The smallest absolute Gasteiger partial charge is 0.320 e. The highest BCUT2D eigenvalue weighted by atomic mass is 79.9. The van der Waals surface area contributed by atoms with Crippen LogP contribution < -0.4 is 5.32 Å². The van der Waals surface area contributed by atoms with Gasteiger partial charge in [0, 0.05) is 4.47 Å². The zero-order valence-corrected chi connectivity index (χ0v) is 13.5. The van der Waals surface area contributed by atoms with Gasteiger partial charge >= 0.3 is 5.97 Å². The SMILES string of the molecule is C[C@@H](NC(=O)CN1CCC[C@H]1C(=O)O)c1ccc(Br)cc1. The summed E-state index contributed by atoms with van der Waals surface area (Å²) in [6.07, 6.45) is 1.44. The van der Waals surface area contributed by atoms with E-state index in [-0.39, 0.29) is 18.5 Å². The van der Waals surface area contributed by atoms with Crippen molar-refractivity contribution in [2.45, 2.75) is 31.8 Å². The van der Waals surface area contributed by atoms with Gasteiger partial charge in [-0.3, -0.25) is 14.5 Å². The van der Waals surface area contributed by atoms with E-state index in [1.807, 2.05) is 31.2 Å². The lowest BCUT2D eigenvalue weighted by molar-refractivity contribution is -0.142. The number of carbonyl (C=O) groups is 2. The van der Waals surface area contributed by atoms with Crippen LogP contribution in [0.25, 0.3) is 0 Å². The molecule has 6 heteroatoms. The van der Waals surface area contributed by atoms with E-state index >= 15 is 0 Å². The van der Waals surface area contributed by atoms with E-state index in [0.717, 1.165) is 16.5 Å². The van der Waals surface area contributed by atoms with E-state index in [9.17, 15) is 9.59 Å². The number of nitrogens with zero attached hydrogens (tertiary/aromatic N) is 1. The normalized spacial score (nSPS) is 20.2. The van der Waals surface area contributed by atoms with Gasteiger partial charge in [-0.25, -0.2) is 0 Å².